The van der Waals surface area contributed by atoms with Gasteiger partial charge in [0.25, 0.3) is 0 Å². The first-order valence-electron chi connectivity index (χ1n) is 17.2. The van der Waals surface area contributed by atoms with Crippen molar-refractivity contribution in [3.63, 3.8) is 0 Å². The Balaban J connectivity index is 1.77. The third-order valence-corrected chi connectivity index (χ3v) is 8.92. The lowest BCUT2D eigenvalue weighted by atomic mass is 9.88. The third-order valence-electron chi connectivity index (χ3n) is 8.92. The number of hydrogen-bond donors (Lipinski definition) is 7. The Labute approximate surface area is 292 Å². The van der Waals surface area contributed by atoms with Gasteiger partial charge in [0.05, 0.1) is 6.04 Å². The van der Waals surface area contributed by atoms with Crippen LogP contribution in [0.5, 0.6) is 0 Å². The first kappa shape index (κ1) is 40.0. The van der Waals surface area contributed by atoms with E-state index in [1.165, 1.54) is 29.2 Å². The van der Waals surface area contributed by atoms with Gasteiger partial charge in [-0.3, -0.25) is 24.0 Å². The lowest BCUT2D eigenvalue weighted by molar-refractivity contribution is -0.148. The van der Waals surface area contributed by atoms with Crippen LogP contribution >= 0.6 is 0 Å². The number of carbonyl (C=O) groups excluding carboxylic acids is 4. The normalized spacial score (nSPS) is 16.5. The van der Waals surface area contributed by atoms with E-state index in [1.807, 2.05) is 32.0 Å². The number of likely N-dealkylation sites (tertiary alicyclic amines) is 1. The molecule has 1 aliphatic rings. The van der Waals surface area contributed by atoms with Crippen molar-refractivity contribution in [1.29, 1.82) is 0 Å². The first-order chi connectivity index (χ1) is 23.7. The molecule has 2 aromatic carbocycles. The van der Waals surface area contributed by atoms with Crippen molar-refractivity contribution in [3.8, 4) is 0 Å². The summed E-state index contributed by atoms with van der Waals surface area (Å²) in [7, 11) is 0. The summed E-state index contributed by atoms with van der Waals surface area (Å²) in [6.45, 7) is 4.44. The van der Waals surface area contributed by atoms with Gasteiger partial charge in [-0.2, -0.15) is 0 Å². The number of rotatable bonds is 18. The highest BCUT2D eigenvalue weighted by atomic mass is 19.1. The Hall–Kier alpha value is -4.40. The fraction of sp³-hybridized carbons (Fsp3) is 0.528. The Bertz CT molecular complexity index is 1430. The van der Waals surface area contributed by atoms with Gasteiger partial charge >= 0.3 is 5.97 Å². The molecule has 0 saturated carbocycles. The number of unbranched alkanes of at least 4 members (excludes halogenated alkanes) is 1. The van der Waals surface area contributed by atoms with E-state index in [1.54, 1.807) is 12.1 Å². The van der Waals surface area contributed by atoms with Crippen LogP contribution in [0.2, 0.25) is 0 Å². The number of carboxylic acid groups (broad SMARTS) is 1. The number of nitrogens with one attached hydrogen (secondary N) is 3. The predicted octanol–water partition coefficient (Wildman–Crippen LogP) is 0.972. The molecule has 1 heterocycles. The maximum Gasteiger partial charge on any atom is 0.323 e. The van der Waals surface area contributed by atoms with E-state index in [4.69, 9.17) is 17.2 Å². The van der Waals surface area contributed by atoms with Gasteiger partial charge in [0.2, 0.25) is 23.6 Å². The van der Waals surface area contributed by atoms with Crippen molar-refractivity contribution in [2.45, 2.75) is 94.9 Å². The first-order valence-corrected chi connectivity index (χ1v) is 17.2. The summed E-state index contributed by atoms with van der Waals surface area (Å²) in [6.07, 6.45) is 2.11. The van der Waals surface area contributed by atoms with Gasteiger partial charge < -0.3 is 43.2 Å². The number of amides is 4. The average Bonchev–Trinajstić information content (AvgIpc) is 3.08. The molecule has 1 saturated heterocycles. The van der Waals surface area contributed by atoms with Gasteiger partial charge in [0, 0.05) is 19.5 Å². The van der Waals surface area contributed by atoms with Crippen LogP contribution in [0, 0.1) is 11.7 Å². The second-order valence-corrected chi connectivity index (χ2v) is 13.5. The van der Waals surface area contributed by atoms with Gasteiger partial charge in [-0.05, 0) is 80.7 Å². The zero-order valence-electron chi connectivity index (χ0n) is 28.9. The molecule has 2 aromatic rings. The molecule has 14 heteroatoms. The van der Waals surface area contributed by atoms with Gasteiger partial charge in [0.15, 0.2) is 0 Å². The van der Waals surface area contributed by atoms with Crippen LogP contribution in [0.25, 0.3) is 0 Å². The van der Waals surface area contributed by atoms with E-state index >= 15 is 0 Å². The third kappa shape index (κ3) is 12.2. The molecular formula is C36H52FN7O6. The van der Waals surface area contributed by atoms with Crippen molar-refractivity contribution in [2.75, 3.05) is 19.6 Å². The summed E-state index contributed by atoms with van der Waals surface area (Å²) in [6, 6.07) is 10.6. The summed E-state index contributed by atoms with van der Waals surface area (Å²) in [4.78, 5) is 67.7. The zero-order valence-corrected chi connectivity index (χ0v) is 28.9. The molecule has 4 atom stereocenters. The van der Waals surface area contributed by atoms with Crippen molar-refractivity contribution in [3.05, 3.63) is 71.5 Å². The van der Waals surface area contributed by atoms with E-state index < -0.39 is 59.2 Å². The molecule has 0 spiro atoms. The number of nitrogens with two attached hydrogens (primary N) is 3. The molecule has 0 bridgehead atoms. The second kappa shape index (κ2) is 19.1. The van der Waals surface area contributed by atoms with Crippen molar-refractivity contribution >= 4 is 29.6 Å². The summed E-state index contributed by atoms with van der Waals surface area (Å²) < 4.78 is 13.4. The molecular weight excluding hydrogens is 645 g/mol. The molecule has 50 heavy (non-hydrogen) atoms. The summed E-state index contributed by atoms with van der Waals surface area (Å²) >= 11 is 0. The maximum atomic E-state index is 13.9. The number of nitrogens with zero attached hydrogens (tertiary/aromatic N) is 1. The van der Waals surface area contributed by atoms with Crippen LogP contribution < -0.4 is 33.2 Å². The molecule has 274 valence electrons. The minimum Gasteiger partial charge on any atom is -0.480 e. The zero-order chi connectivity index (χ0) is 36.8. The highest BCUT2D eigenvalue weighted by molar-refractivity contribution is 5.95. The summed E-state index contributed by atoms with van der Waals surface area (Å²) in [5, 5.41) is 17.9. The van der Waals surface area contributed by atoms with Gasteiger partial charge in [0.1, 0.15) is 29.5 Å². The largest absolute Gasteiger partial charge is 0.480 e. The Morgan fingerprint density at radius 1 is 0.820 bits per heavy atom. The average molecular weight is 698 g/mol. The Kier molecular flexibility index (Phi) is 15.3. The minimum absolute atomic E-state index is 0.0282. The summed E-state index contributed by atoms with van der Waals surface area (Å²) in [5.74, 6) is -3.68. The Morgan fingerprint density at radius 3 is 1.96 bits per heavy atom. The van der Waals surface area contributed by atoms with Crippen LogP contribution in [0.3, 0.4) is 0 Å². The monoisotopic (exact) mass is 697 g/mol. The molecule has 1 fully saturated rings. The number of piperidine rings is 1. The van der Waals surface area contributed by atoms with Crippen molar-refractivity contribution < 1.29 is 33.5 Å². The number of hydrogen-bond acceptors (Lipinski definition) is 8. The molecule has 13 nitrogen and oxygen atoms in total. The highest BCUT2D eigenvalue weighted by Gasteiger charge is 2.40. The quantitative estimate of drug-likeness (QED) is 0.110. The lowest BCUT2D eigenvalue weighted by Gasteiger charge is -2.38. The van der Waals surface area contributed by atoms with Crippen LogP contribution in [-0.2, 0) is 36.8 Å². The molecule has 1 aliphatic heterocycles. The van der Waals surface area contributed by atoms with E-state index in [-0.39, 0.29) is 57.0 Å². The molecule has 3 rings (SSSR count). The van der Waals surface area contributed by atoms with Gasteiger partial charge in [-0.15, -0.1) is 0 Å². The topological polar surface area (TPSA) is 223 Å². The fourth-order valence-electron chi connectivity index (χ4n) is 5.86. The van der Waals surface area contributed by atoms with Crippen LogP contribution in [0.1, 0.15) is 63.5 Å². The number of aliphatic carboxylic acids is 1. The number of carboxylic acids is 1. The van der Waals surface area contributed by atoms with E-state index in [0.29, 0.717) is 31.4 Å². The SMILES string of the molecule is CC(C)C[C@@H](NC(=O)[C@@H](Cc1ccccc1)NC(=O)[C@H](N)Cc1ccc(F)cc1)C(=O)N[C@H](CCCCN)C(=O)N1CCC(N)(C(=O)O)CC1. The number of benzene rings is 2. The van der Waals surface area contributed by atoms with Gasteiger partial charge in [-0.25, -0.2) is 4.39 Å². The molecule has 0 aromatic heterocycles. The lowest BCUT2D eigenvalue weighted by Crippen LogP contribution is -2.60. The van der Waals surface area contributed by atoms with Crippen molar-refractivity contribution in [1.82, 2.24) is 20.9 Å². The minimum atomic E-state index is -1.42. The van der Waals surface area contributed by atoms with E-state index in [9.17, 15) is 33.5 Å². The van der Waals surface area contributed by atoms with E-state index in [2.05, 4.69) is 16.0 Å². The number of carbonyl (C=O) groups is 5. The highest BCUT2D eigenvalue weighted by Crippen LogP contribution is 2.21. The number of halogens is 1. The molecule has 0 unspecified atom stereocenters. The smallest absolute Gasteiger partial charge is 0.323 e. The molecule has 4 amide bonds. The second-order valence-electron chi connectivity index (χ2n) is 13.5. The molecule has 0 radical (unpaired) electrons. The van der Waals surface area contributed by atoms with Crippen LogP contribution in [-0.4, -0.2) is 88.9 Å². The van der Waals surface area contributed by atoms with Gasteiger partial charge in [-0.1, -0.05) is 56.3 Å². The van der Waals surface area contributed by atoms with Crippen molar-refractivity contribution in [2.24, 2.45) is 23.1 Å². The fourth-order valence-corrected chi connectivity index (χ4v) is 5.86. The maximum absolute atomic E-state index is 13.9. The molecule has 0 aliphatic carbocycles. The summed E-state index contributed by atoms with van der Waals surface area (Å²) in [5.41, 5.74) is 17.9. The Morgan fingerprint density at radius 2 is 1.38 bits per heavy atom. The molecule has 10 N–H and O–H groups in total. The standard InChI is InChI=1S/C36H52FN7O6/c1-23(2)20-29(32(46)41-28(10-6-7-17-38)34(48)44-18-15-36(40,16-19-44)35(49)50)43-33(47)30(22-24-8-4-3-5-9-24)42-31(45)27(39)21-25-11-13-26(37)14-12-25/h3-5,8-9,11-14,23,27-30H,6-7,10,15-22,38-40H2,1-2H3,(H,41,46)(H,42,45)(H,43,47)(H,49,50)/t27-,28-,29-,30-/m1/s1. The van der Waals surface area contributed by atoms with Crippen LogP contribution in [0.15, 0.2) is 54.6 Å². The van der Waals surface area contributed by atoms with Crippen LogP contribution in [0.4, 0.5) is 4.39 Å². The van der Waals surface area contributed by atoms with E-state index in [0.717, 1.165) is 5.56 Å². The predicted molar refractivity (Wildman–Crippen MR) is 187 cm³/mol.